The highest BCUT2D eigenvalue weighted by Crippen LogP contribution is 2.24. The molecule has 0 bridgehead atoms. The minimum Gasteiger partial charge on any atom is -0.396 e. The number of hydrogen-bond donors (Lipinski definition) is 0. The van der Waals surface area contributed by atoms with Gasteiger partial charge in [-0.1, -0.05) is 41.0 Å². The van der Waals surface area contributed by atoms with E-state index in [2.05, 4.69) is 27.3 Å². The van der Waals surface area contributed by atoms with E-state index >= 15 is 0 Å². The first-order chi connectivity index (χ1) is 14.1. The fraction of sp³-hybridized carbons (Fsp3) is 0.217. The van der Waals surface area contributed by atoms with Crippen LogP contribution >= 0.6 is 11.6 Å². The predicted octanol–water partition coefficient (Wildman–Crippen LogP) is 5.51. The van der Waals surface area contributed by atoms with Gasteiger partial charge in [0.05, 0.1) is 16.7 Å². The summed E-state index contributed by atoms with van der Waals surface area (Å²) in [5.41, 5.74) is 5.27. The van der Waals surface area contributed by atoms with Crippen LogP contribution in [0.3, 0.4) is 0 Å². The first-order valence-corrected chi connectivity index (χ1v) is 9.93. The molecule has 0 aliphatic carbocycles. The Morgan fingerprint density at radius 3 is 2.45 bits per heavy atom. The molecule has 0 aliphatic rings. The number of fused-ring (bicyclic) bond motifs is 3. The monoisotopic (exact) mass is 404 g/mol. The van der Waals surface area contributed by atoms with Crippen molar-refractivity contribution in [1.29, 1.82) is 0 Å². The van der Waals surface area contributed by atoms with Gasteiger partial charge in [0.2, 0.25) is 0 Å². The molecule has 1 aromatic carbocycles. The van der Waals surface area contributed by atoms with Crippen molar-refractivity contribution in [3.05, 3.63) is 76.8 Å². The molecule has 0 N–H and O–H groups in total. The highest BCUT2D eigenvalue weighted by molar-refractivity contribution is 6.30. The van der Waals surface area contributed by atoms with Gasteiger partial charge in [0.15, 0.2) is 0 Å². The second-order valence-electron chi connectivity index (χ2n) is 6.92. The van der Waals surface area contributed by atoms with Crippen LogP contribution in [0.15, 0.2) is 59.8 Å². The summed E-state index contributed by atoms with van der Waals surface area (Å²) >= 11 is 6.08. The van der Waals surface area contributed by atoms with E-state index < -0.39 is 0 Å². The van der Waals surface area contributed by atoms with Crippen LogP contribution in [0.4, 0.5) is 0 Å². The average molecular weight is 405 g/mol. The lowest BCUT2D eigenvalue weighted by Gasteiger charge is -2.06. The molecule has 0 unspecified atom stereocenters. The van der Waals surface area contributed by atoms with Crippen LogP contribution in [0.2, 0.25) is 5.15 Å². The largest absolute Gasteiger partial charge is 0.396 e. The zero-order chi connectivity index (χ0) is 20.2. The predicted molar refractivity (Wildman–Crippen MR) is 118 cm³/mol. The molecule has 5 nitrogen and oxygen atoms in total. The van der Waals surface area contributed by atoms with E-state index in [-0.39, 0.29) is 0 Å². The third-order valence-corrected chi connectivity index (χ3v) is 4.88. The Bertz CT molecular complexity index is 1210. The molecule has 0 atom stereocenters. The Morgan fingerprint density at radius 2 is 1.66 bits per heavy atom. The summed E-state index contributed by atoms with van der Waals surface area (Å²) in [4.78, 5) is 19.2. The summed E-state index contributed by atoms with van der Waals surface area (Å²) in [5.74, 6) is 0. The van der Waals surface area contributed by atoms with E-state index in [4.69, 9.17) is 21.4 Å². The van der Waals surface area contributed by atoms with Gasteiger partial charge in [-0.2, -0.15) is 0 Å². The fourth-order valence-corrected chi connectivity index (χ4v) is 3.32. The van der Waals surface area contributed by atoms with E-state index in [0.29, 0.717) is 11.8 Å². The maximum atomic E-state index is 6.08. The molecule has 4 aromatic rings. The fourth-order valence-electron chi connectivity index (χ4n) is 3.18. The maximum Gasteiger partial charge on any atom is 0.129 e. The number of aromatic nitrogens is 3. The van der Waals surface area contributed by atoms with E-state index in [9.17, 15) is 0 Å². The zero-order valence-corrected chi connectivity index (χ0v) is 17.1. The van der Waals surface area contributed by atoms with Crippen LogP contribution in [-0.4, -0.2) is 27.3 Å². The number of halogens is 1. The minimum absolute atomic E-state index is 0.474. The molecule has 0 aliphatic heterocycles. The summed E-state index contributed by atoms with van der Waals surface area (Å²) in [5, 5.41) is 6.74. The highest BCUT2D eigenvalue weighted by atomic mass is 35.5. The summed E-state index contributed by atoms with van der Waals surface area (Å²) in [6.45, 7) is 4.37. The number of benzene rings is 1. The van der Waals surface area contributed by atoms with Crippen molar-refractivity contribution in [3.63, 3.8) is 0 Å². The van der Waals surface area contributed by atoms with Gasteiger partial charge in [-0.05, 0) is 57.0 Å². The summed E-state index contributed by atoms with van der Waals surface area (Å²) < 4.78 is 0. The van der Waals surface area contributed by atoms with Gasteiger partial charge in [0.1, 0.15) is 17.5 Å². The van der Waals surface area contributed by atoms with Crippen LogP contribution in [0.1, 0.15) is 30.4 Å². The molecule has 0 saturated carbocycles. The van der Waals surface area contributed by atoms with Gasteiger partial charge in [-0.25, -0.2) is 4.98 Å². The standard InChI is InChI=1S/C23H21ClN4O/c1-15-5-3-7-20(25-15)16(2)28-29-14-4-6-19-12-10-17-8-9-18-11-13-21(24)27-23(18)22(17)26-19/h3,5,7-13H,4,6,14H2,1-2H3. The van der Waals surface area contributed by atoms with Gasteiger partial charge < -0.3 is 4.84 Å². The second kappa shape index (κ2) is 8.53. The lowest BCUT2D eigenvalue weighted by atomic mass is 10.1. The Labute approximate surface area is 174 Å². The molecule has 6 heteroatoms. The Morgan fingerprint density at radius 1 is 0.931 bits per heavy atom. The van der Waals surface area contributed by atoms with Crippen LogP contribution < -0.4 is 0 Å². The molecule has 29 heavy (non-hydrogen) atoms. The number of pyridine rings is 3. The number of nitrogens with zero attached hydrogens (tertiary/aromatic N) is 4. The van der Waals surface area contributed by atoms with E-state index in [0.717, 1.165) is 57.4 Å². The third-order valence-electron chi connectivity index (χ3n) is 4.67. The topological polar surface area (TPSA) is 60.3 Å². The van der Waals surface area contributed by atoms with Gasteiger partial charge >= 0.3 is 0 Å². The van der Waals surface area contributed by atoms with E-state index in [1.807, 2.05) is 50.2 Å². The van der Waals surface area contributed by atoms with Crippen molar-refractivity contribution in [2.45, 2.75) is 26.7 Å². The third kappa shape index (κ3) is 4.51. The van der Waals surface area contributed by atoms with Crippen molar-refractivity contribution in [2.24, 2.45) is 5.16 Å². The van der Waals surface area contributed by atoms with Crippen LogP contribution in [0.5, 0.6) is 0 Å². The van der Waals surface area contributed by atoms with E-state index in [1.165, 1.54) is 0 Å². The Balaban J connectivity index is 1.41. The number of rotatable bonds is 6. The lowest BCUT2D eigenvalue weighted by Crippen LogP contribution is -2.02. The molecule has 4 rings (SSSR count). The normalized spacial score (nSPS) is 11.9. The van der Waals surface area contributed by atoms with Crippen molar-refractivity contribution >= 4 is 39.1 Å². The first-order valence-electron chi connectivity index (χ1n) is 9.56. The van der Waals surface area contributed by atoms with Crippen LogP contribution in [0, 0.1) is 6.92 Å². The smallest absolute Gasteiger partial charge is 0.129 e. The number of hydrogen-bond acceptors (Lipinski definition) is 5. The second-order valence-corrected chi connectivity index (χ2v) is 7.31. The Kier molecular flexibility index (Phi) is 5.67. The molecular formula is C23H21ClN4O. The molecular weight excluding hydrogens is 384 g/mol. The molecule has 0 radical (unpaired) electrons. The van der Waals surface area contributed by atoms with Gasteiger partial charge in [-0.3, -0.25) is 9.97 Å². The molecule has 3 heterocycles. The zero-order valence-electron chi connectivity index (χ0n) is 16.4. The maximum absolute atomic E-state index is 6.08. The van der Waals surface area contributed by atoms with Crippen molar-refractivity contribution in [2.75, 3.05) is 6.61 Å². The SMILES string of the molecule is CC(=NOCCCc1ccc2ccc3ccc(Cl)nc3c2n1)c1cccc(C)n1. The first kappa shape index (κ1) is 19.3. The summed E-state index contributed by atoms with van der Waals surface area (Å²) in [7, 11) is 0. The Hall–Kier alpha value is -3.05. The highest BCUT2D eigenvalue weighted by Gasteiger charge is 2.06. The van der Waals surface area contributed by atoms with Crippen LogP contribution in [-0.2, 0) is 11.3 Å². The minimum atomic E-state index is 0.474. The van der Waals surface area contributed by atoms with Crippen LogP contribution in [0.25, 0.3) is 21.8 Å². The average Bonchev–Trinajstić information content (AvgIpc) is 2.73. The van der Waals surface area contributed by atoms with Gasteiger partial charge in [0, 0.05) is 22.2 Å². The molecule has 0 spiro atoms. The molecule has 3 aromatic heterocycles. The van der Waals surface area contributed by atoms with E-state index in [1.54, 1.807) is 6.07 Å². The number of aryl methyl sites for hydroxylation is 2. The van der Waals surface area contributed by atoms with Crippen molar-refractivity contribution < 1.29 is 4.84 Å². The van der Waals surface area contributed by atoms with Gasteiger partial charge in [0.25, 0.3) is 0 Å². The van der Waals surface area contributed by atoms with Crippen molar-refractivity contribution in [3.8, 4) is 0 Å². The summed E-state index contributed by atoms with van der Waals surface area (Å²) in [6.07, 6.45) is 1.61. The van der Waals surface area contributed by atoms with Gasteiger partial charge in [-0.15, -0.1) is 0 Å². The quantitative estimate of drug-likeness (QED) is 0.140. The number of oxime groups is 1. The summed E-state index contributed by atoms with van der Waals surface area (Å²) in [6, 6.07) is 17.8. The molecule has 0 amide bonds. The molecule has 0 saturated heterocycles. The molecule has 146 valence electrons. The van der Waals surface area contributed by atoms with Crippen molar-refractivity contribution in [1.82, 2.24) is 15.0 Å². The lowest BCUT2D eigenvalue weighted by molar-refractivity contribution is 0.141. The molecule has 0 fully saturated rings.